The fraction of sp³-hybridized carbons (Fsp3) is 0.235. The molecule has 110 valence electrons. The molecule has 0 aromatic heterocycles. The van der Waals surface area contributed by atoms with E-state index in [2.05, 4.69) is 5.32 Å². The zero-order valence-corrected chi connectivity index (χ0v) is 11.8. The van der Waals surface area contributed by atoms with Gasteiger partial charge >= 0.3 is 0 Å². The summed E-state index contributed by atoms with van der Waals surface area (Å²) >= 11 is 0. The van der Waals surface area contributed by atoms with Crippen molar-refractivity contribution in [2.75, 3.05) is 6.61 Å². The predicted octanol–water partition coefficient (Wildman–Crippen LogP) is 2.99. The molecule has 0 fully saturated rings. The smallest absolute Gasteiger partial charge is 0.251 e. The van der Waals surface area contributed by atoms with Crippen LogP contribution in [0.5, 0.6) is 0 Å². The Morgan fingerprint density at radius 3 is 2.57 bits per heavy atom. The minimum atomic E-state index is -0.432. The van der Waals surface area contributed by atoms with Gasteiger partial charge in [0.1, 0.15) is 5.82 Å². The normalized spacial score (nSPS) is 12.0. The Morgan fingerprint density at radius 1 is 1.24 bits per heavy atom. The molecule has 0 saturated heterocycles. The number of rotatable bonds is 5. The second-order valence-electron chi connectivity index (χ2n) is 4.97. The number of aryl methyl sites for hydroxylation is 1. The number of benzene rings is 2. The third-order valence-corrected chi connectivity index (χ3v) is 3.23. The summed E-state index contributed by atoms with van der Waals surface area (Å²) in [5.74, 6) is -0.779. The quantitative estimate of drug-likeness (QED) is 0.888. The number of nitrogens with one attached hydrogen (secondary N) is 1. The highest BCUT2D eigenvalue weighted by atomic mass is 19.1. The largest absolute Gasteiger partial charge is 0.396 e. The Hall–Kier alpha value is -2.20. The van der Waals surface area contributed by atoms with Gasteiger partial charge in [0, 0.05) is 12.2 Å². The predicted molar refractivity (Wildman–Crippen MR) is 79.5 cm³/mol. The molecule has 0 spiro atoms. The average Bonchev–Trinajstić information content (AvgIpc) is 2.46. The third-order valence-electron chi connectivity index (χ3n) is 3.23. The van der Waals surface area contributed by atoms with Crippen LogP contribution in [0.15, 0.2) is 48.5 Å². The minimum absolute atomic E-state index is 0.0397. The van der Waals surface area contributed by atoms with Gasteiger partial charge in [-0.1, -0.05) is 30.3 Å². The van der Waals surface area contributed by atoms with Gasteiger partial charge in [-0.15, -0.1) is 0 Å². The number of carbonyl (C=O) groups is 1. The first-order valence-corrected chi connectivity index (χ1v) is 6.84. The Bertz CT molecular complexity index is 593. The lowest BCUT2D eigenvalue weighted by molar-refractivity contribution is 0.0929. The van der Waals surface area contributed by atoms with E-state index in [0.717, 1.165) is 5.56 Å². The molecule has 2 aromatic carbocycles. The van der Waals surface area contributed by atoms with Crippen LogP contribution >= 0.6 is 0 Å². The molecule has 21 heavy (non-hydrogen) atoms. The SMILES string of the molecule is Cc1cc(F)cc(C(=O)NC(CCO)c2ccccc2)c1. The molecule has 2 rings (SSSR count). The Kier molecular flexibility index (Phi) is 5.06. The fourth-order valence-corrected chi connectivity index (χ4v) is 2.25. The van der Waals surface area contributed by atoms with Crippen LogP contribution in [-0.4, -0.2) is 17.6 Å². The van der Waals surface area contributed by atoms with Gasteiger partial charge in [-0.2, -0.15) is 0 Å². The van der Waals surface area contributed by atoms with Crippen molar-refractivity contribution in [2.45, 2.75) is 19.4 Å². The summed E-state index contributed by atoms with van der Waals surface area (Å²) in [6.45, 7) is 1.70. The first kappa shape index (κ1) is 15.2. The molecule has 4 heteroatoms. The maximum atomic E-state index is 13.4. The average molecular weight is 287 g/mol. The Morgan fingerprint density at radius 2 is 1.95 bits per heavy atom. The maximum Gasteiger partial charge on any atom is 0.251 e. The van der Waals surface area contributed by atoms with Gasteiger partial charge < -0.3 is 10.4 Å². The maximum absolute atomic E-state index is 13.4. The van der Waals surface area contributed by atoms with Crippen molar-refractivity contribution in [1.29, 1.82) is 0 Å². The van der Waals surface area contributed by atoms with Crippen LogP contribution in [0.1, 0.15) is 33.9 Å². The van der Waals surface area contributed by atoms with Crippen LogP contribution in [0.2, 0.25) is 0 Å². The fourth-order valence-electron chi connectivity index (χ4n) is 2.25. The molecule has 1 atom stereocenters. The molecular formula is C17H18FNO2. The second kappa shape index (κ2) is 6.99. The van der Waals surface area contributed by atoms with E-state index < -0.39 is 5.82 Å². The van der Waals surface area contributed by atoms with E-state index in [4.69, 9.17) is 5.11 Å². The standard InChI is InChI=1S/C17H18FNO2/c1-12-9-14(11-15(18)10-12)17(21)19-16(7-8-20)13-5-3-2-4-6-13/h2-6,9-11,16,20H,7-8H2,1H3,(H,19,21). The molecule has 0 aliphatic carbocycles. The summed E-state index contributed by atoms with van der Waals surface area (Å²) in [4.78, 5) is 12.2. The van der Waals surface area contributed by atoms with Gasteiger partial charge in [-0.05, 0) is 42.7 Å². The molecule has 0 aliphatic heterocycles. The van der Waals surface area contributed by atoms with Crippen molar-refractivity contribution in [1.82, 2.24) is 5.32 Å². The molecule has 0 radical (unpaired) electrons. The first-order chi connectivity index (χ1) is 10.1. The van der Waals surface area contributed by atoms with Gasteiger partial charge in [-0.25, -0.2) is 4.39 Å². The highest BCUT2D eigenvalue weighted by molar-refractivity contribution is 5.94. The summed E-state index contributed by atoms with van der Waals surface area (Å²) in [7, 11) is 0. The molecule has 0 bridgehead atoms. The number of hydrogen-bond donors (Lipinski definition) is 2. The lowest BCUT2D eigenvalue weighted by atomic mass is 10.0. The topological polar surface area (TPSA) is 49.3 Å². The van der Waals surface area contributed by atoms with Crippen LogP contribution < -0.4 is 5.32 Å². The number of halogens is 1. The van der Waals surface area contributed by atoms with E-state index in [1.54, 1.807) is 13.0 Å². The highest BCUT2D eigenvalue weighted by Gasteiger charge is 2.16. The number of carbonyl (C=O) groups excluding carboxylic acids is 1. The van der Waals surface area contributed by atoms with E-state index in [9.17, 15) is 9.18 Å². The van der Waals surface area contributed by atoms with E-state index in [-0.39, 0.29) is 24.1 Å². The molecule has 1 unspecified atom stereocenters. The molecular weight excluding hydrogens is 269 g/mol. The third kappa shape index (κ3) is 4.13. The van der Waals surface area contributed by atoms with Gasteiger partial charge in [-0.3, -0.25) is 4.79 Å². The van der Waals surface area contributed by atoms with Gasteiger partial charge in [0.15, 0.2) is 0 Å². The second-order valence-corrected chi connectivity index (χ2v) is 4.97. The van der Waals surface area contributed by atoms with Crippen molar-refractivity contribution in [3.8, 4) is 0 Å². The lowest BCUT2D eigenvalue weighted by Crippen LogP contribution is -2.29. The van der Waals surface area contributed by atoms with Crippen LogP contribution in [-0.2, 0) is 0 Å². The number of aliphatic hydroxyl groups excluding tert-OH is 1. The van der Waals surface area contributed by atoms with Crippen molar-refractivity contribution >= 4 is 5.91 Å². The monoisotopic (exact) mass is 287 g/mol. The van der Waals surface area contributed by atoms with Gasteiger partial charge in [0.2, 0.25) is 0 Å². The van der Waals surface area contributed by atoms with Crippen LogP contribution in [0.25, 0.3) is 0 Å². The zero-order valence-electron chi connectivity index (χ0n) is 11.8. The van der Waals surface area contributed by atoms with E-state index in [0.29, 0.717) is 12.0 Å². The molecule has 0 saturated carbocycles. The van der Waals surface area contributed by atoms with Crippen molar-refractivity contribution in [3.05, 3.63) is 71.0 Å². The summed E-state index contributed by atoms with van der Waals surface area (Å²) in [5, 5.41) is 12.0. The minimum Gasteiger partial charge on any atom is -0.396 e. The van der Waals surface area contributed by atoms with E-state index in [1.165, 1.54) is 12.1 Å². The van der Waals surface area contributed by atoms with Gasteiger partial charge in [0.25, 0.3) is 5.91 Å². The van der Waals surface area contributed by atoms with Crippen LogP contribution in [0, 0.1) is 12.7 Å². The first-order valence-electron chi connectivity index (χ1n) is 6.84. The van der Waals surface area contributed by atoms with Crippen molar-refractivity contribution in [3.63, 3.8) is 0 Å². The summed E-state index contributed by atoms with van der Waals surface area (Å²) in [6.07, 6.45) is 0.407. The highest BCUT2D eigenvalue weighted by Crippen LogP contribution is 2.17. The molecule has 0 aliphatic rings. The number of hydrogen-bond acceptors (Lipinski definition) is 2. The lowest BCUT2D eigenvalue weighted by Gasteiger charge is -2.18. The summed E-state index contributed by atoms with van der Waals surface area (Å²) < 4.78 is 13.4. The molecule has 2 N–H and O–H groups in total. The number of aliphatic hydroxyl groups is 1. The molecule has 0 heterocycles. The van der Waals surface area contributed by atoms with Crippen molar-refractivity contribution in [2.24, 2.45) is 0 Å². The van der Waals surface area contributed by atoms with Crippen LogP contribution in [0.3, 0.4) is 0 Å². The molecule has 1 amide bonds. The van der Waals surface area contributed by atoms with Gasteiger partial charge in [0.05, 0.1) is 6.04 Å². The number of amides is 1. The molecule has 2 aromatic rings. The van der Waals surface area contributed by atoms with Crippen LogP contribution in [0.4, 0.5) is 4.39 Å². The van der Waals surface area contributed by atoms with E-state index in [1.807, 2.05) is 30.3 Å². The zero-order chi connectivity index (χ0) is 15.2. The van der Waals surface area contributed by atoms with E-state index >= 15 is 0 Å². The summed E-state index contributed by atoms with van der Waals surface area (Å²) in [6, 6.07) is 13.3. The Labute approximate surface area is 123 Å². The molecule has 3 nitrogen and oxygen atoms in total. The Balaban J connectivity index is 2.18. The summed E-state index contributed by atoms with van der Waals surface area (Å²) in [5.41, 5.74) is 1.89. The van der Waals surface area contributed by atoms with Crippen molar-refractivity contribution < 1.29 is 14.3 Å².